The molecule has 0 amide bonds. The smallest absolute Gasteiger partial charge is 0.335 e. The van der Waals surface area contributed by atoms with Gasteiger partial charge in [0, 0.05) is 17.3 Å². The number of carbonyl (C=O) groups is 1. The van der Waals surface area contributed by atoms with E-state index in [9.17, 15) is 9.18 Å². The number of hydrogen-bond donors (Lipinski definition) is 2. The normalized spacial score (nSPS) is 10.9. The van der Waals surface area contributed by atoms with Crippen molar-refractivity contribution in [1.29, 1.82) is 0 Å². The molecule has 0 saturated carbocycles. The van der Waals surface area contributed by atoms with Gasteiger partial charge >= 0.3 is 5.97 Å². The summed E-state index contributed by atoms with van der Waals surface area (Å²) in [5.74, 6) is -0.126. The summed E-state index contributed by atoms with van der Waals surface area (Å²) in [6.45, 7) is 1.78. The summed E-state index contributed by atoms with van der Waals surface area (Å²) >= 11 is 0. The Labute approximate surface area is 153 Å². The van der Waals surface area contributed by atoms with Crippen molar-refractivity contribution in [3.05, 3.63) is 71.9 Å². The van der Waals surface area contributed by atoms with E-state index in [-0.39, 0.29) is 11.4 Å². The number of rotatable bonds is 4. The van der Waals surface area contributed by atoms with E-state index in [4.69, 9.17) is 9.63 Å². The van der Waals surface area contributed by atoms with Crippen molar-refractivity contribution < 1.29 is 18.8 Å². The van der Waals surface area contributed by atoms with Gasteiger partial charge in [0.1, 0.15) is 23.1 Å². The van der Waals surface area contributed by atoms with Crippen LogP contribution in [0.3, 0.4) is 0 Å². The fraction of sp³-hybridized carbons (Fsp3) is 0.0500. The molecule has 0 spiro atoms. The van der Waals surface area contributed by atoms with Crippen molar-refractivity contribution in [2.75, 3.05) is 0 Å². The Morgan fingerprint density at radius 2 is 1.74 bits per heavy atom. The quantitative estimate of drug-likeness (QED) is 0.555. The van der Waals surface area contributed by atoms with Gasteiger partial charge in [-0.3, -0.25) is 0 Å². The fourth-order valence-corrected chi connectivity index (χ4v) is 2.85. The zero-order valence-corrected chi connectivity index (χ0v) is 14.2. The Hall–Kier alpha value is -3.74. The molecule has 2 N–H and O–H groups in total. The molecule has 7 heteroatoms. The first-order valence-electron chi connectivity index (χ1n) is 8.14. The van der Waals surface area contributed by atoms with E-state index in [0.717, 1.165) is 11.1 Å². The first-order chi connectivity index (χ1) is 13.0. The summed E-state index contributed by atoms with van der Waals surface area (Å²) in [6, 6.07) is 12.4. The van der Waals surface area contributed by atoms with E-state index in [1.807, 2.05) is 0 Å². The van der Waals surface area contributed by atoms with E-state index in [1.165, 1.54) is 24.3 Å². The molecule has 4 aromatic rings. The minimum Gasteiger partial charge on any atom is -0.478 e. The van der Waals surface area contributed by atoms with Crippen molar-refractivity contribution in [3.63, 3.8) is 0 Å². The number of H-pyrrole nitrogens is 1. The number of imidazole rings is 1. The lowest BCUT2D eigenvalue weighted by Crippen LogP contribution is -1.95. The molecule has 0 aliphatic carbocycles. The molecule has 134 valence electrons. The number of benzene rings is 2. The highest BCUT2D eigenvalue weighted by molar-refractivity contribution is 5.88. The van der Waals surface area contributed by atoms with Gasteiger partial charge in [-0.05, 0) is 43.3 Å². The van der Waals surface area contributed by atoms with Gasteiger partial charge in [0.25, 0.3) is 0 Å². The number of nitrogens with zero attached hydrogens (tertiary/aromatic N) is 2. The van der Waals surface area contributed by atoms with Gasteiger partial charge in [-0.25, -0.2) is 14.2 Å². The van der Waals surface area contributed by atoms with E-state index < -0.39 is 5.97 Å². The number of halogens is 1. The molecule has 0 bridgehead atoms. The minimum atomic E-state index is -0.981. The van der Waals surface area contributed by atoms with Gasteiger partial charge in [-0.2, -0.15) is 0 Å². The molecule has 2 aromatic heterocycles. The van der Waals surface area contributed by atoms with Crippen LogP contribution in [0, 0.1) is 12.7 Å². The summed E-state index contributed by atoms with van der Waals surface area (Å²) in [5.41, 5.74) is 3.60. The lowest BCUT2D eigenvalue weighted by molar-refractivity contribution is 0.0697. The van der Waals surface area contributed by atoms with Gasteiger partial charge in [0.2, 0.25) is 0 Å². The Kier molecular flexibility index (Phi) is 4.04. The SMILES string of the molecule is Cc1onc(-c2ccc(F)cc2)c1-c1c[nH]c(-c2ccc(C(=O)O)cc2)n1. The average molecular weight is 363 g/mol. The maximum atomic E-state index is 13.2. The number of aromatic amines is 1. The second-order valence-electron chi connectivity index (χ2n) is 5.99. The number of aromatic nitrogens is 3. The van der Waals surface area contributed by atoms with Crippen LogP contribution in [-0.2, 0) is 0 Å². The number of nitrogens with one attached hydrogen (secondary N) is 1. The van der Waals surface area contributed by atoms with Crippen LogP contribution in [-0.4, -0.2) is 26.2 Å². The van der Waals surface area contributed by atoms with Crippen molar-refractivity contribution >= 4 is 5.97 Å². The summed E-state index contributed by atoms with van der Waals surface area (Å²) < 4.78 is 18.5. The van der Waals surface area contributed by atoms with Gasteiger partial charge in [-0.1, -0.05) is 17.3 Å². The highest BCUT2D eigenvalue weighted by Crippen LogP contribution is 2.34. The molecule has 0 saturated heterocycles. The highest BCUT2D eigenvalue weighted by atomic mass is 19.1. The van der Waals surface area contributed by atoms with Crippen LogP contribution in [0.5, 0.6) is 0 Å². The third kappa shape index (κ3) is 3.10. The topological polar surface area (TPSA) is 92.0 Å². The maximum absolute atomic E-state index is 13.2. The summed E-state index contributed by atoms with van der Waals surface area (Å²) in [5, 5.41) is 13.1. The van der Waals surface area contributed by atoms with Crippen LogP contribution in [0.1, 0.15) is 16.1 Å². The molecule has 0 unspecified atom stereocenters. The van der Waals surface area contributed by atoms with Gasteiger partial charge < -0.3 is 14.6 Å². The van der Waals surface area contributed by atoms with Crippen molar-refractivity contribution in [2.24, 2.45) is 0 Å². The molecule has 4 rings (SSSR count). The van der Waals surface area contributed by atoms with E-state index in [0.29, 0.717) is 28.5 Å². The third-order valence-corrected chi connectivity index (χ3v) is 4.22. The Bertz CT molecular complexity index is 1110. The van der Waals surface area contributed by atoms with Crippen LogP contribution < -0.4 is 0 Å². The van der Waals surface area contributed by atoms with E-state index in [1.54, 1.807) is 37.4 Å². The van der Waals surface area contributed by atoms with Crippen molar-refractivity contribution in [1.82, 2.24) is 15.1 Å². The number of aryl methyl sites for hydroxylation is 1. The first kappa shape index (κ1) is 16.7. The lowest BCUT2D eigenvalue weighted by atomic mass is 10.0. The predicted molar refractivity (Wildman–Crippen MR) is 96.6 cm³/mol. The standard InChI is InChI=1S/C20H14FN3O3/c1-11-17(18(24-27-11)12-6-8-15(21)9-7-12)16-10-22-19(23-16)13-2-4-14(5-3-13)20(25)26/h2-10H,1H3,(H,22,23)(H,25,26). The summed E-state index contributed by atoms with van der Waals surface area (Å²) in [4.78, 5) is 18.6. The van der Waals surface area contributed by atoms with E-state index >= 15 is 0 Å². The van der Waals surface area contributed by atoms with Gasteiger partial charge in [-0.15, -0.1) is 0 Å². The van der Waals surface area contributed by atoms with Gasteiger partial charge in [0.15, 0.2) is 0 Å². The first-order valence-corrected chi connectivity index (χ1v) is 8.14. The van der Waals surface area contributed by atoms with Crippen LogP contribution in [0.4, 0.5) is 4.39 Å². The Morgan fingerprint density at radius 1 is 1.07 bits per heavy atom. The second-order valence-corrected chi connectivity index (χ2v) is 5.99. The zero-order valence-electron chi connectivity index (χ0n) is 14.2. The van der Waals surface area contributed by atoms with Crippen LogP contribution >= 0.6 is 0 Å². The highest BCUT2D eigenvalue weighted by Gasteiger charge is 2.19. The monoisotopic (exact) mass is 363 g/mol. The van der Waals surface area contributed by atoms with E-state index in [2.05, 4.69) is 15.1 Å². The molecule has 2 aromatic carbocycles. The summed E-state index contributed by atoms with van der Waals surface area (Å²) in [6.07, 6.45) is 1.73. The second kappa shape index (κ2) is 6.53. The molecule has 0 atom stereocenters. The average Bonchev–Trinajstić information content (AvgIpc) is 3.29. The minimum absolute atomic E-state index is 0.207. The molecule has 2 heterocycles. The number of carboxylic acids is 1. The third-order valence-electron chi connectivity index (χ3n) is 4.22. The maximum Gasteiger partial charge on any atom is 0.335 e. The molecular weight excluding hydrogens is 349 g/mol. The molecule has 0 aliphatic heterocycles. The van der Waals surface area contributed by atoms with Crippen LogP contribution in [0.25, 0.3) is 33.9 Å². The molecule has 6 nitrogen and oxygen atoms in total. The van der Waals surface area contributed by atoms with Crippen molar-refractivity contribution in [2.45, 2.75) is 6.92 Å². The number of hydrogen-bond acceptors (Lipinski definition) is 4. The predicted octanol–water partition coefficient (Wildman–Crippen LogP) is 4.54. The number of carboxylic acid groups (broad SMARTS) is 1. The molecular formula is C20H14FN3O3. The van der Waals surface area contributed by atoms with Gasteiger partial charge in [0.05, 0.1) is 16.8 Å². The fourth-order valence-electron chi connectivity index (χ4n) is 2.85. The molecule has 27 heavy (non-hydrogen) atoms. The number of aromatic carboxylic acids is 1. The Morgan fingerprint density at radius 3 is 2.41 bits per heavy atom. The Balaban J connectivity index is 1.72. The zero-order chi connectivity index (χ0) is 19.0. The van der Waals surface area contributed by atoms with Crippen LogP contribution in [0.2, 0.25) is 0 Å². The largest absolute Gasteiger partial charge is 0.478 e. The van der Waals surface area contributed by atoms with Crippen molar-refractivity contribution in [3.8, 4) is 33.9 Å². The lowest BCUT2D eigenvalue weighted by Gasteiger charge is -2.00. The molecule has 0 aliphatic rings. The molecule has 0 radical (unpaired) electrons. The molecule has 0 fully saturated rings. The van der Waals surface area contributed by atoms with Crippen LogP contribution in [0.15, 0.2) is 59.3 Å². The summed E-state index contributed by atoms with van der Waals surface area (Å²) in [7, 11) is 0.